The molecule has 0 aromatic heterocycles. The summed E-state index contributed by atoms with van der Waals surface area (Å²) in [5, 5.41) is 6.38. The third-order valence-corrected chi connectivity index (χ3v) is 5.42. The van der Waals surface area contributed by atoms with E-state index in [0.29, 0.717) is 34.7 Å². The Balaban J connectivity index is 1.77. The standard InChI is InChI=1S/C23H29Cl2N3O2/c1-4-28(15-22(30)27-23-19(24)6-5-7-20(23)25)14-21(29)26-13-12-17-8-10-18(11-9-17)16(2)3/h5-11,16H,4,12-15H2,1-3H3,(H,26,29)(H,27,30). The number of amides is 2. The average Bonchev–Trinajstić information content (AvgIpc) is 2.70. The van der Waals surface area contributed by atoms with Gasteiger partial charge in [0.25, 0.3) is 0 Å². The van der Waals surface area contributed by atoms with Gasteiger partial charge in [-0.2, -0.15) is 0 Å². The molecule has 0 bridgehead atoms. The zero-order valence-electron chi connectivity index (χ0n) is 17.7. The van der Waals surface area contributed by atoms with Crippen LogP contribution in [-0.4, -0.2) is 42.9 Å². The van der Waals surface area contributed by atoms with E-state index in [1.165, 1.54) is 11.1 Å². The van der Waals surface area contributed by atoms with Crippen molar-refractivity contribution in [3.8, 4) is 0 Å². The van der Waals surface area contributed by atoms with Gasteiger partial charge in [0, 0.05) is 6.54 Å². The van der Waals surface area contributed by atoms with Crippen LogP contribution in [0.15, 0.2) is 42.5 Å². The van der Waals surface area contributed by atoms with Gasteiger partial charge in [-0.15, -0.1) is 0 Å². The van der Waals surface area contributed by atoms with Crippen molar-refractivity contribution in [2.45, 2.75) is 33.1 Å². The maximum Gasteiger partial charge on any atom is 0.238 e. The van der Waals surface area contributed by atoms with E-state index in [9.17, 15) is 9.59 Å². The second-order valence-electron chi connectivity index (χ2n) is 7.44. The summed E-state index contributed by atoms with van der Waals surface area (Å²) < 4.78 is 0. The van der Waals surface area contributed by atoms with Gasteiger partial charge in [0.05, 0.1) is 28.8 Å². The van der Waals surface area contributed by atoms with E-state index in [-0.39, 0.29) is 24.9 Å². The lowest BCUT2D eigenvalue weighted by molar-refractivity contribution is -0.123. The highest BCUT2D eigenvalue weighted by Crippen LogP contribution is 2.29. The quantitative estimate of drug-likeness (QED) is 0.550. The fraction of sp³-hybridized carbons (Fsp3) is 0.391. The molecule has 0 fully saturated rings. The number of carbonyl (C=O) groups is 2. The molecule has 0 spiro atoms. The van der Waals surface area contributed by atoms with Crippen LogP contribution in [0, 0.1) is 0 Å². The Labute approximate surface area is 188 Å². The van der Waals surface area contributed by atoms with Crippen LogP contribution in [0.25, 0.3) is 0 Å². The molecule has 0 aliphatic carbocycles. The normalized spacial score (nSPS) is 11.0. The highest BCUT2D eigenvalue weighted by molar-refractivity contribution is 6.39. The number of nitrogens with zero attached hydrogens (tertiary/aromatic N) is 1. The predicted molar refractivity (Wildman–Crippen MR) is 124 cm³/mol. The number of hydrogen-bond acceptors (Lipinski definition) is 3. The third-order valence-electron chi connectivity index (χ3n) is 4.79. The lowest BCUT2D eigenvalue weighted by Gasteiger charge is -2.20. The van der Waals surface area contributed by atoms with Gasteiger partial charge < -0.3 is 10.6 Å². The second-order valence-corrected chi connectivity index (χ2v) is 8.26. The first-order chi connectivity index (χ1) is 14.3. The highest BCUT2D eigenvalue weighted by atomic mass is 35.5. The van der Waals surface area contributed by atoms with Crippen LogP contribution in [0.3, 0.4) is 0 Å². The summed E-state index contributed by atoms with van der Waals surface area (Å²) in [4.78, 5) is 26.4. The molecule has 2 N–H and O–H groups in total. The number of rotatable bonds is 10. The molecule has 2 rings (SSSR count). The van der Waals surface area contributed by atoms with Gasteiger partial charge in [0.1, 0.15) is 0 Å². The molecule has 0 heterocycles. The van der Waals surface area contributed by atoms with Crippen LogP contribution in [0.1, 0.15) is 37.8 Å². The number of nitrogens with one attached hydrogen (secondary N) is 2. The molecule has 162 valence electrons. The minimum Gasteiger partial charge on any atom is -0.355 e. The zero-order chi connectivity index (χ0) is 22.1. The lowest BCUT2D eigenvalue weighted by Crippen LogP contribution is -2.41. The number of likely N-dealkylation sites (N-methyl/N-ethyl adjacent to an activating group) is 1. The zero-order valence-corrected chi connectivity index (χ0v) is 19.2. The molecule has 0 aliphatic rings. The van der Waals surface area contributed by atoms with Crippen molar-refractivity contribution in [3.05, 3.63) is 63.6 Å². The van der Waals surface area contributed by atoms with Gasteiger partial charge in [0.15, 0.2) is 0 Å². The monoisotopic (exact) mass is 449 g/mol. The van der Waals surface area contributed by atoms with Crippen molar-refractivity contribution in [1.29, 1.82) is 0 Å². The Morgan fingerprint density at radius 1 is 0.967 bits per heavy atom. The van der Waals surface area contributed by atoms with E-state index in [1.54, 1.807) is 23.1 Å². The molecule has 0 saturated heterocycles. The number of hydrogen-bond donors (Lipinski definition) is 2. The molecule has 0 atom stereocenters. The summed E-state index contributed by atoms with van der Waals surface area (Å²) in [6.45, 7) is 7.57. The summed E-state index contributed by atoms with van der Waals surface area (Å²) in [5.41, 5.74) is 2.87. The fourth-order valence-electron chi connectivity index (χ4n) is 2.95. The molecular weight excluding hydrogens is 421 g/mol. The van der Waals surface area contributed by atoms with Crippen molar-refractivity contribution >= 4 is 40.7 Å². The summed E-state index contributed by atoms with van der Waals surface area (Å²) in [6.07, 6.45) is 0.766. The number of carbonyl (C=O) groups excluding carboxylic acids is 2. The minimum absolute atomic E-state index is 0.0716. The molecule has 0 unspecified atom stereocenters. The molecule has 0 radical (unpaired) electrons. The van der Waals surface area contributed by atoms with E-state index in [1.807, 2.05) is 6.92 Å². The fourth-order valence-corrected chi connectivity index (χ4v) is 3.45. The number of para-hydroxylation sites is 1. The van der Waals surface area contributed by atoms with Gasteiger partial charge >= 0.3 is 0 Å². The second kappa shape index (κ2) is 11.9. The van der Waals surface area contributed by atoms with Crippen LogP contribution < -0.4 is 10.6 Å². The molecule has 2 aromatic rings. The van der Waals surface area contributed by atoms with E-state index >= 15 is 0 Å². The molecule has 7 heteroatoms. The Morgan fingerprint density at radius 3 is 2.13 bits per heavy atom. The van der Waals surface area contributed by atoms with Crippen LogP contribution in [0.4, 0.5) is 5.69 Å². The topological polar surface area (TPSA) is 61.4 Å². The van der Waals surface area contributed by atoms with Gasteiger partial charge in [-0.05, 0) is 42.1 Å². The smallest absolute Gasteiger partial charge is 0.238 e. The minimum atomic E-state index is -0.273. The van der Waals surface area contributed by atoms with Crippen molar-refractivity contribution in [2.24, 2.45) is 0 Å². The summed E-state index contributed by atoms with van der Waals surface area (Å²) in [6, 6.07) is 13.5. The summed E-state index contributed by atoms with van der Waals surface area (Å²) in [5.74, 6) is 0.119. The molecule has 2 aromatic carbocycles. The van der Waals surface area contributed by atoms with E-state index < -0.39 is 0 Å². The van der Waals surface area contributed by atoms with Crippen LogP contribution in [0.2, 0.25) is 10.0 Å². The summed E-state index contributed by atoms with van der Waals surface area (Å²) in [7, 11) is 0. The third kappa shape index (κ3) is 7.63. The molecular formula is C23H29Cl2N3O2. The Bertz CT molecular complexity index is 834. The largest absolute Gasteiger partial charge is 0.355 e. The number of anilines is 1. The van der Waals surface area contributed by atoms with Gasteiger partial charge in [0.2, 0.25) is 11.8 Å². The lowest BCUT2D eigenvalue weighted by atomic mass is 10.0. The van der Waals surface area contributed by atoms with Crippen LogP contribution >= 0.6 is 23.2 Å². The Hall–Kier alpha value is -2.08. The van der Waals surface area contributed by atoms with E-state index in [0.717, 1.165) is 6.42 Å². The maximum absolute atomic E-state index is 12.3. The average molecular weight is 450 g/mol. The van der Waals surface area contributed by atoms with Crippen molar-refractivity contribution in [3.63, 3.8) is 0 Å². The van der Waals surface area contributed by atoms with Crippen LogP contribution in [0.5, 0.6) is 0 Å². The molecule has 5 nitrogen and oxygen atoms in total. The Kier molecular flexibility index (Phi) is 9.63. The summed E-state index contributed by atoms with van der Waals surface area (Å²) >= 11 is 12.2. The Morgan fingerprint density at radius 2 is 1.57 bits per heavy atom. The first kappa shape index (κ1) is 24.2. The molecule has 0 aliphatic heterocycles. The van der Waals surface area contributed by atoms with Gasteiger partial charge in [-0.3, -0.25) is 14.5 Å². The van der Waals surface area contributed by atoms with Crippen molar-refractivity contribution < 1.29 is 9.59 Å². The predicted octanol–water partition coefficient (Wildman–Crippen LogP) is 4.74. The first-order valence-corrected chi connectivity index (χ1v) is 10.9. The van der Waals surface area contributed by atoms with Crippen LogP contribution in [-0.2, 0) is 16.0 Å². The molecule has 0 saturated carbocycles. The van der Waals surface area contributed by atoms with Crippen molar-refractivity contribution in [2.75, 3.05) is 31.5 Å². The SMILES string of the molecule is CCN(CC(=O)NCCc1ccc(C(C)C)cc1)CC(=O)Nc1c(Cl)cccc1Cl. The van der Waals surface area contributed by atoms with Gasteiger partial charge in [-0.25, -0.2) is 0 Å². The van der Waals surface area contributed by atoms with E-state index in [2.05, 4.69) is 48.7 Å². The number of benzene rings is 2. The molecule has 2 amide bonds. The molecule has 30 heavy (non-hydrogen) atoms. The van der Waals surface area contributed by atoms with Gasteiger partial charge in [-0.1, -0.05) is 74.3 Å². The highest BCUT2D eigenvalue weighted by Gasteiger charge is 2.15. The van der Waals surface area contributed by atoms with E-state index in [4.69, 9.17) is 23.2 Å². The van der Waals surface area contributed by atoms with Crippen molar-refractivity contribution in [1.82, 2.24) is 10.2 Å². The maximum atomic E-state index is 12.3. The first-order valence-electron chi connectivity index (χ1n) is 10.1. The number of halogens is 2.